The third-order valence-electron chi connectivity index (χ3n) is 6.20. The number of rotatable bonds is 7. The van der Waals surface area contributed by atoms with Crippen LogP contribution in [0.25, 0.3) is 0 Å². The van der Waals surface area contributed by atoms with Crippen molar-refractivity contribution in [1.29, 1.82) is 0 Å². The molecule has 4 rings (SSSR count). The van der Waals surface area contributed by atoms with E-state index in [0.717, 1.165) is 38.2 Å². The van der Waals surface area contributed by atoms with Gasteiger partial charge in [-0.15, -0.1) is 0 Å². The lowest BCUT2D eigenvalue weighted by Gasteiger charge is -2.38. The van der Waals surface area contributed by atoms with Gasteiger partial charge in [0.25, 0.3) is 0 Å². The van der Waals surface area contributed by atoms with E-state index in [1.165, 1.54) is 16.7 Å². The Morgan fingerprint density at radius 3 is 2.87 bits per heavy atom. The molecule has 2 atom stereocenters. The van der Waals surface area contributed by atoms with Gasteiger partial charge >= 0.3 is 0 Å². The SMILES string of the molecule is CCCCOC1N=C(N)C2NC(=O)CN(Cc3ccc4c(c3)CCN(C(C)C)C4)C2=N1. The quantitative estimate of drug-likeness (QED) is 0.646. The summed E-state index contributed by atoms with van der Waals surface area (Å²) in [4.78, 5) is 25.9. The van der Waals surface area contributed by atoms with Crippen molar-refractivity contribution in [2.75, 3.05) is 19.7 Å². The van der Waals surface area contributed by atoms with E-state index in [1.807, 2.05) is 4.90 Å². The van der Waals surface area contributed by atoms with Crippen LogP contribution in [-0.4, -0.2) is 65.5 Å². The number of nitrogens with two attached hydrogens (primary N) is 1. The molecule has 0 aliphatic carbocycles. The van der Waals surface area contributed by atoms with Gasteiger partial charge in [0.1, 0.15) is 17.7 Å². The number of hydrogen-bond acceptors (Lipinski definition) is 7. The fraction of sp³-hybridized carbons (Fsp3) is 0.609. The van der Waals surface area contributed by atoms with E-state index in [9.17, 15) is 4.79 Å². The average Bonchev–Trinajstić information content (AvgIpc) is 2.74. The van der Waals surface area contributed by atoms with Gasteiger partial charge in [0.15, 0.2) is 0 Å². The average molecular weight is 427 g/mol. The van der Waals surface area contributed by atoms with Crippen molar-refractivity contribution in [1.82, 2.24) is 15.1 Å². The summed E-state index contributed by atoms with van der Waals surface area (Å²) in [6.07, 6.45) is 2.41. The van der Waals surface area contributed by atoms with Crippen LogP contribution in [0.2, 0.25) is 0 Å². The molecule has 0 radical (unpaired) electrons. The molecule has 0 bridgehead atoms. The zero-order chi connectivity index (χ0) is 22.0. The third-order valence-corrected chi connectivity index (χ3v) is 6.20. The molecule has 1 saturated heterocycles. The van der Waals surface area contributed by atoms with Crippen LogP contribution >= 0.6 is 0 Å². The second-order valence-electron chi connectivity index (χ2n) is 8.87. The van der Waals surface area contributed by atoms with Crippen molar-refractivity contribution in [3.63, 3.8) is 0 Å². The number of unbranched alkanes of at least 4 members (excludes halogenated alkanes) is 1. The smallest absolute Gasteiger partial charge is 0.248 e. The number of nitrogens with zero attached hydrogens (tertiary/aromatic N) is 4. The molecular weight excluding hydrogens is 392 g/mol. The highest BCUT2D eigenvalue weighted by Gasteiger charge is 2.37. The topological polar surface area (TPSA) is 95.5 Å². The molecule has 0 saturated carbocycles. The number of nitrogens with one attached hydrogen (secondary N) is 1. The van der Waals surface area contributed by atoms with E-state index in [4.69, 9.17) is 10.5 Å². The molecular formula is C23H34N6O2. The highest BCUT2D eigenvalue weighted by molar-refractivity contribution is 6.14. The van der Waals surface area contributed by atoms with E-state index in [1.54, 1.807) is 0 Å². The Morgan fingerprint density at radius 1 is 1.26 bits per heavy atom. The van der Waals surface area contributed by atoms with Gasteiger partial charge in [-0.1, -0.05) is 31.5 Å². The molecule has 1 aromatic carbocycles. The summed E-state index contributed by atoms with van der Waals surface area (Å²) >= 11 is 0. The summed E-state index contributed by atoms with van der Waals surface area (Å²) in [5, 5.41) is 2.91. The lowest BCUT2D eigenvalue weighted by Crippen LogP contribution is -2.63. The van der Waals surface area contributed by atoms with Gasteiger partial charge in [-0.3, -0.25) is 9.69 Å². The minimum atomic E-state index is -0.638. The van der Waals surface area contributed by atoms with Crippen LogP contribution < -0.4 is 11.1 Å². The van der Waals surface area contributed by atoms with Crippen LogP contribution in [0, 0.1) is 0 Å². The largest absolute Gasteiger partial charge is 0.385 e. The molecule has 3 aliphatic heterocycles. The highest BCUT2D eigenvalue weighted by atomic mass is 16.5. The van der Waals surface area contributed by atoms with E-state index in [2.05, 4.69) is 59.2 Å². The van der Waals surface area contributed by atoms with E-state index < -0.39 is 12.4 Å². The maximum Gasteiger partial charge on any atom is 0.248 e. The van der Waals surface area contributed by atoms with E-state index in [0.29, 0.717) is 25.0 Å². The second-order valence-corrected chi connectivity index (χ2v) is 8.87. The van der Waals surface area contributed by atoms with Gasteiger partial charge < -0.3 is 20.7 Å². The molecule has 1 aromatic rings. The maximum absolute atomic E-state index is 12.3. The highest BCUT2D eigenvalue weighted by Crippen LogP contribution is 2.23. The molecule has 2 unspecified atom stereocenters. The van der Waals surface area contributed by atoms with Crippen molar-refractivity contribution < 1.29 is 9.53 Å². The van der Waals surface area contributed by atoms with Crippen molar-refractivity contribution in [2.24, 2.45) is 15.7 Å². The minimum Gasteiger partial charge on any atom is -0.385 e. The Balaban J connectivity index is 1.51. The first-order valence-corrected chi connectivity index (χ1v) is 11.4. The van der Waals surface area contributed by atoms with Gasteiger partial charge in [0.2, 0.25) is 12.3 Å². The number of carbonyl (C=O) groups excluding carboxylic acids is 1. The van der Waals surface area contributed by atoms with Gasteiger partial charge in [0, 0.05) is 25.7 Å². The Labute approximate surface area is 184 Å². The lowest BCUT2D eigenvalue weighted by molar-refractivity contribution is -0.122. The molecule has 8 heteroatoms. The molecule has 1 amide bonds. The number of piperazine rings is 1. The molecule has 1 fully saturated rings. The predicted molar refractivity (Wildman–Crippen MR) is 122 cm³/mol. The zero-order valence-electron chi connectivity index (χ0n) is 18.8. The maximum atomic E-state index is 12.3. The summed E-state index contributed by atoms with van der Waals surface area (Å²) in [6, 6.07) is 6.76. The number of amides is 1. The van der Waals surface area contributed by atoms with Crippen LogP contribution in [-0.2, 0) is 29.0 Å². The Hall–Kier alpha value is -2.45. The van der Waals surface area contributed by atoms with Crippen molar-refractivity contribution in [2.45, 2.75) is 71.6 Å². The first-order chi connectivity index (χ1) is 14.9. The van der Waals surface area contributed by atoms with E-state index >= 15 is 0 Å². The molecule has 8 nitrogen and oxygen atoms in total. The molecule has 168 valence electrons. The second kappa shape index (κ2) is 9.36. The van der Waals surface area contributed by atoms with Crippen molar-refractivity contribution in [3.8, 4) is 0 Å². The molecule has 3 aliphatic rings. The van der Waals surface area contributed by atoms with E-state index in [-0.39, 0.29) is 12.5 Å². The summed E-state index contributed by atoms with van der Waals surface area (Å²) in [7, 11) is 0. The third kappa shape index (κ3) is 4.91. The minimum absolute atomic E-state index is 0.0713. The first-order valence-electron chi connectivity index (χ1n) is 11.4. The van der Waals surface area contributed by atoms with Crippen LogP contribution in [0.15, 0.2) is 28.2 Å². The molecule has 3 N–H and O–H groups in total. The molecule has 0 aromatic heterocycles. The van der Waals surface area contributed by atoms with Crippen LogP contribution in [0.5, 0.6) is 0 Å². The lowest BCUT2D eigenvalue weighted by atomic mass is 9.96. The Kier molecular flexibility index (Phi) is 6.57. The molecule has 0 spiro atoms. The fourth-order valence-electron chi connectivity index (χ4n) is 4.35. The number of amidine groups is 2. The van der Waals surface area contributed by atoms with Gasteiger partial charge in [-0.25, -0.2) is 9.98 Å². The van der Waals surface area contributed by atoms with Crippen LogP contribution in [0.1, 0.15) is 50.3 Å². The van der Waals surface area contributed by atoms with Crippen molar-refractivity contribution >= 4 is 17.6 Å². The fourth-order valence-corrected chi connectivity index (χ4v) is 4.35. The van der Waals surface area contributed by atoms with Gasteiger partial charge in [-0.2, -0.15) is 0 Å². The number of aliphatic imine (C=N–C) groups is 2. The number of fused-ring (bicyclic) bond motifs is 2. The number of hydrogen-bond donors (Lipinski definition) is 2. The monoisotopic (exact) mass is 426 g/mol. The zero-order valence-corrected chi connectivity index (χ0v) is 18.8. The summed E-state index contributed by atoms with van der Waals surface area (Å²) in [6.45, 7) is 10.1. The Bertz CT molecular complexity index is 881. The van der Waals surface area contributed by atoms with Gasteiger partial charge in [0.05, 0.1) is 13.2 Å². The summed E-state index contributed by atoms with van der Waals surface area (Å²) in [5.41, 5.74) is 10.2. The Morgan fingerprint density at radius 2 is 2.10 bits per heavy atom. The summed E-state index contributed by atoms with van der Waals surface area (Å²) in [5.74, 6) is 1.01. The number of benzene rings is 1. The standard InChI is InChI=1S/C23H34N6O2/c1-4-5-10-31-23-26-21(24)20-22(27-23)29(14-19(30)25-20)12-16-6-7-18-13-28(15(2)3)9-8-17(18)11-16/h6-7,11,15,20,23H,4-5,8-10,12-14H2,1-3H3,(H2,24,26)(H,25,30). The van der Waals surface area contributed by atoms with Gasteiger partial charge in [-0.05, 0) is 43.4 Å². The number of carbonyl (C=O) groups is 1. The van der Waals surface area contributed by atoms with Crippen LogP contribution in [0.4, 0.5) is 0 Å². The first kappa shape index (κ1) is 21.8. The molecule has 31 heavy (non-hydrogen) atoms. The predicted octanol–water partition coefficient (Wildman–Crippen LogP) is 1.62. The molecule has 3 heterocycles. The number of ether oxygens (including phenoxy) is 1. The summed E-state index contributed by atoms with van der Waals surface area (Å²) < 4.78 is 5.77. The van der Waals surface area contributed by atoms with Crippen molar-refractivity contribution in [3.05, 3.63) is 34.9 Å². The van der Waals surface area contributed by atoms with Crippen LogP contribution in [0.3, 0.4) is 0 Å². The normalized spacial score (nSPS) is 23.7.